The third kappa shape index (κ3) is 3.71. The fourth-order valence-electron chi connectivity index (χ4n) is 2.86. The highest BCUT2D eigenvalue weighted by atomic mass is 16.3. The maximum absolute atomic E-state index is 10.5. The Labute approximate surface area is 115 Å². The second-order valence-electron chi connectivity index (χ2n) is 5.95. The summed E-state index contributed by atoms with van der Waals surface area (Å²) >= 11 is 0. The fraction of sp³-hybridized carbons (Fsp3) is 0.625. The predicted octanol–water partition coefficient (Wildman–Crippen LogP) is 3.05. The van der Waals surface area contributed by atoms with Gasteiger partial charge in [-0.05, 0) is 32.8 Å². The third-order valence-electron chi connectivity index (χ3n) is 4.17. The molecule has 0 spiro atoms. The maximum atomic E-state index is 10.5. The maximum Gasteiger partial charge on any atom is 0.120 e. The monoisotopic (exact) mass is 263 g/mol. The Kier molecular flexibility index (Phi) is 4.48. The van der Waals surface area contributed by atoms with Crippen molar-refractivity contribution in [3.05, 3.63) is 29.3 Å². The minimum Gasteiger partial charge on any atom is -0.508 e. The first-order valence-corrected chi connectivity index (χ1v) is 7.25. The van der Waals surface area contributed by atoms with Crippen LogP contribution in [0.3, 0.4) is 0 Å². The minimum atomic E-state index is -0.564. The van der Waals surface area contributed by atoms with Crippen molar-refractivity contribution in [2.45, 2.75) is 57.6 Å². The van der Waals surface area contributed by atoms with Gasteiger partial charge in [0.1, 0.15) is 5.75 Å². The summed E-state index contributed by atoms with van der Waals surface area (Å²) in [5, 5.41) is 23.7. The molecule has 19 heavy (non-hydrogen) atoms. The lowest BCUT2D eigenvalue weighted by atomic mass is 9.84. The van der Waals surface area contributed by atoms with E-state index in [1.165, 1.54) is 6.42 Å². The van der Waals surface area contributed by atoms with Crippen molar-refractivity contribution in [1.82, 2.24) is 5.32 Å². The smallest absolute Gasteiger partial charge is 0.120 e. The molecule has 1 aliphatic rings. The van der Waals surface area contributed by atoms with E-state index in [9.17, 15) is 10.2 Å². The van der Waals surface area contributed by atoms with E-state index in [1.54, 1.807) is 6.07 Å². The molecule has 3 heteroatoms. The van der Waals surface area contributed by atoms with Crippen LogP contribution in [-0.2, 0) is 0 Å². The lowest BCUT2D eigenvalue weighted by molar-refractivity contribution is 0.00294. The average Bonchev–Trinajstić information content (AvgIpc) is 2.40. The Hall–Kier alpha value is -1.06. The largest absolute Gasteiger partial charge is 0.508 e. The van der Waals surface area contributed by atoms with Gasteiger partial charge in [0, 0.05) is 18.2 Å². The fourth-order valence-corrected chi connectivity index (χ4v) is 2.86. The van der Waals surface area contributed by atoms with Gasteiger partial charge in [0.2, 0.25) is 0 Å². The Balaban J connectivity index is 1.97. The summed E-state index contributed by atoms with van der Waals surface area (Å²) in [5.41, 5.74) is 1.48. The zero-order valence-electron chi connectivity index (χ0n) is 11.9. The van der Waals surface area contributed by atoms with Gasteiger partial charge in [0.25, 0.3) is 0 Å². The highest BCUT2D eigenvalue weighted by Crippen LogP contribution is 2.29. The number of aromatic hydroxyl groups is 1. The Morgan fingerprint density at radius 2 is 1.95 bits per heavy atom. The van der Waals surface area contributed by atoms with Crippen LogP contribution in [-0.4, -0.2) is 22.4 Å². The summed E-state index contributed by atoms with van der Waals surface area (Å²) in [6.45, 7) is 4.65. The zero-order valence-corrected chi connectivity index (χ0v) is 11.9. The Morgan fingerprint density at radius 1 is 1.26 bits per heavy atom. The number of aryl methyl sites for hydroxylation is 1. The highest BCUT2D eigenvalue weighted by molar-refractivity contribution is 5.37. The number of hydrogen-bond donors (Lipinski definition) is 3. The molecule has 3 N–H and O–H groups in total. The van der Waals surface area contributed by atoms with Crippen LogP contribution in [0.1, 0.15) is 56.2 Å². The lowest BCUT2D eigenvalue weighted by Gasteiger charge is -2.33. The molecule has 0 bridgehead atoms. The summed E-state index contributed by atoms with van der Waals surface area (Å²) in [6, 6.07) is 5.68. The van der Waals surface area contributed by atoms with Gasteiger partial charge in [-0.2, -0.15) is 0 Å². The summed E-state index contributed by atoms with van der Waals surface area (Å²) in [5.74, 6) is 0.321. The zero-order chi connectivity index (χ0) is 13.9. The van der Waals surface area contributed by atoms with Gasteiger partial charge in [-0.3, -0.25) is 0 Å². The molecule has 1 unspecified atom stereocenters. The molecule has 0 radical (unpaired) electrons. The van der Waals surface area contributed by atoms with Crippen LogP contribution in [0.5, 0.6) is 5.75 Å². The number of benzene rings is 1. The van der Waals surface area contributed by atoms with Crippen molar-refractivity contribution in [1.29, 1.82) is 0 Å². The van der Waals surface area contributed by atoms with Gasteiger partial charge in [-0.1, -0.05) is 37.0 Å². The second-order valence-corrected chi connectivity index (χ2v) is 5.95. The van der Waals surface area contributed by atoms with Crippen LogP contribution in [0.4, 0.5) is 0 Å². The predicted molar refractivity (Wildman–Crippen MR) is 77.3 cm³/mol. The second kappa shape index (κ2) is 5.93. The Bertz CT molecular complexity index is 425. The normalized spacial score (nSPS) is 20.2. The molecule has 106 valence electrons. The first kappa shape index (κ1) is 14.4. The molecule has 0 amide bonds. The topological polar surface area (TPSA) is 52.5 Å². The van der Waals surface area contributed by atoms with Crippen LogP contribution in [0.25, 0.3) is 0 Å². The minimum absolute atomic E-state index is 0.0471. The van der Waals surface area contributed by atoms with E-state index in [2.05, 4.69) is 5.32 Å². The highest BCUT2D eigenvalue weighted by Gasteiger charge is 2.29. The van der Waals surface area contributed by atoms with Crippen LogP contribution in [0.15, 0.2) is 18.2 Å². The quantitative estimate of drug-likeness (QED) is 0.782. The van der Waals surface area contributed by atoms with Crippen molar-refractivity contribution in [2.75, 3.05) is 6.54 Å². The van der Waals surface area contributed by atoms with E-state index in [0.29, 0.717) is 12.3 Å². The summed E-state index contributed by atoms with van der Waals surface area (Å²) in [6.07, 6.45) is 5.22. The number of rotatable bonds is 4. The molecule has 1 fully saturated rings. The SMILES string of the molecule is Cc1ccc(O)c(C(C)NCC2(O)CCCCC2)c1. The van der Waals surface area contributed by atoms with E-state index >= 15 is 0 Å². The van der Waals surface area contributed by atoms with Crippen LogP contribution >= 0.6 is 0 Å². The van der Waals surface area contributed by atoms with Crippen LogP contribution < -0.4 is 5.32 Å². The molecule has 1 atom stereocenters. The molecule has 0 aliphatic heterocycles. The van der Waals surface area contributed by atoms with Gasteiger partial charge in [-0.25, -0.2) is 0 Å². The molecule has 1 saturated carbocycles. The number of phenols is 1. The molecule has 3 nitrogen and oxygen atoms in total. The van der Waals surface area contributed by atoms with E-state index in [1.807, 2.05) is 26.0 Å². The first-order chi connectivity index (χ1) is 9.00. The van der Waals surface area contributed by atoms with Crippen molar-refractivity contribution in [2.24, 2.45) is 0 Å². The van der Waals surface area contributed by atoms with Crippen molar-refractivity contribution in [3.63, 3.8) is 0 Å². The number of nitrogens with one attached hydrogen (secondary N) is 1. The standard InChI is InChI=1S/C16H25NO2/c1-12-6-7-15(18)14(10-12)13(2)17-11-16(19)8-4-3-5-9-16/h6-7,10,13,17-19H,3-5,8-9,11H2,1-2H3. The van der Waals surface area contributed by atoms with Crippen LogP contribution in [0, 0.1) is 6.92 Å². The molecule has 1 aromatic carbocycles. The van der Waals surface area contributed by atoms with Crippen molar-refractivity contribution < 1.29 is 10.2 Å². The van der Waals surface area contributed by atoms with Gasteiger partial charge in [0.15, 0.2) is 0 Å². The van der Waals surface area contributed by atoms with E-state index < -0.39 is 5.60 Å². The van der Waals surface area contributed by atoms with E-state index in [-0.39, 0.29) is 6.04 Å². The molecule has 0 heterocycles. The summed E-state index contributed by atoms with van der Waals surface area (Å²) < 4.78 is 0. The molecule has 2 rings (SSSR count). The summed E-state index contributed by atoms with van der Waals surface area (Å²) in [4.78, 5) is 0. The summed E-state index contributed by atoms with van der Waals surface area (Å²) in [7, 11) is 0. The number of phenolic OH excluding ortho intramolecular Hbond substituents is 1. The first-order valence-electron chi connectivity index (χ1n) is 7.25. The van der Waals surface area contributed by atoms with Crippen molar-refractivity contribution in [3.8, 4) is 5.75 Å². The van der Waals surface area contributed by atoms with Gasteiger partial charge in [-0.15, -0.1) is 0 Å². The van der Waals surface area contributed by atoms with E-state index in [4.69, 9.17) is 0 Å². The van der Waals surface area contributed by atoms with Crippen LogP contribution in [0.2, 0.25) is 0 Å². The third-order valence-corrected chi connectivity index (χ3v) is 4.17. The number of hydrogen-bond acceptors (Lipinski definition) is 3. The molecule has 0 aromatic heterocycles. The lowest BCUT2D eigenvalue weighted by Crippen LogP contribution is -2.42. The molecule has 1 aliphatic carbocycles. The molecular weight excluding hydrogens is 238 g/mol. The molecule has 1 aromatic rings. The Morgan fingerprint density at radius 3 is 2.63 bits per heavy atom. The molecular formula is C16H25NO2. The molecule has 0 saturated heterocycles. The average molecular weight is 263 g/mol. The van der Waals surface area contributed by atoms with Gasteiger partial charge >= 0.3 is 0 Å². The van der Waals surface area contributed by atoms with Gasteiger partial charge in [0.05, 0.1) is 5.60 Å². The van der Waals surface area contributed by atoms with Gasteiger partial charge < -0.3 is 15.5 Å². The number of aliphatic hydroxyl groups is 1. The van der Waals surface area contributed by atoms with E-state index in [0.717, 1.165) is 36.8 Å². The van der Waals surface area contributed by atoms with Crippen molar-refractivity contribution >= 4 is 0 Å².